The summed E-state index contributed by atoms with van der Waals surface area (Å²) in [7, 11) is 0. The van der Waals surface area contributed by atoms with Gasteiger partial charge in [0.05, 0.1) is 0 Å². The monoisotopic (exact) mass is 1510 g/mol. The lowest BCUT2D eigenvalue weighted by Crippen LogP contribution is -2.52. The first-order chi connectivity index (χ1) is 45.5. The fourth-order valence-electron chi connectivity index (χ4n) is 8.88. The van der Waals surface area contributed by atoms with Gasteiger partial charge in [0, 0.05) is 0 Å². The number of nitrogens with zero attached hydrogens (tertiary/aromatic N) is 10. The van der Waals surface area contributed by atoms with Crippen LogP contribution < -0.4 is 14.7 Å². The third kappa shape index (κ3) is 11.3. The highest BCUT2D eigenvalue weighted by Crippen LogP contribution is 2.52. The molecule has 3 heterocycles. The molecule has 0 N–H and O–H groups in total. The van der Waals surface area contributed by atoms with Crippen LogP contribution >= 0.6 is 0 Å². The maximum Gasteiger partial charge on any atom is 0.422 e. The zero-order chi connectivity index (χ0) is 75.8. The predicted molar refractivity (Wildman–Crippen MR) is 241 cm³/mol. The van der Waals surface area contributed by atoms with Crippen LogP contribution in [0.1, 0.15) is 33.4 Å². The van der Waals surface area contributed by atoms with E-state index < -0.39 is 300 Å². The van der Waals surface area contributed by atoms with Gasteiger partial charge in [0.1, 0.15) is 67.5 Å². The van der Waals surface area contributed by atoms with Gasteiger partial charge in [-0.15, -0.1) is 0 Å². The zero-order valence-corrected chi connectivity index (χ0v) is 44.3. The van der Waals surface area contributed by atoms with Crippen LogP contribution in [-0.4, -0.2) is 40.7 Å². The second-order valence-electron chi connectivity index (χ2n) is 18.7. The minimum absolute atomic E-state index is 0.991. The Hall–Kier alpha value is -10.4. The van der Waals surface area contributed by atoms with E-state index in [4.69, 9.17) is 0 Å². The van der Waals surface area contributed by atoms with E-state index in [2.05, 4.69) is 30.0 Å². The van der Waals surface area contributed by atoms with Crippen LogP contribution in [0.3, 0.4) is 0 Å². The Kier molecular flexibility index (Phi) is 17.5. The SMILES string of the molecule is Fc1c(F)c(C(F)(F)F)c(F)c(F)c1N(C1=NC2=NC(N(c3c(F)c(F)c(C(F)(F)F)c(F)c3F)c3c(F)c(F)c(C(F)(F)F)c(F)c3F)=NC3=NC(N(c4c(F)c(F)c(C(F)(F)F)c(F)c4F)c4c(F)c(F)c(C(F)(F)F)c(F)c4F)=NC(=N1)N23)c1c(F)c(F)c(C(F)(F)F)c(F)c1F. The van der Waals surface area contributed by atoms with Crippen molar-refractivity contribution in [2.75, 3.05) is 14.7 Å². The summed E-state index contributed by atoms with van der Waals surface area (Å²) in [5, 5.41) is 0. The fourth-order valence-corrected chi connectivity index (χ4v) is 8.88. The summed E-state index contributed by atoms with van der Waals surface area (Å²) in [5.74, 6) is -116. The number of benzene rings is 6. The highest BCUT2D eigenvalue weighted by atomic mass is 19.4. The van der Waals surface area contributed by atoms with E-state index in [9.17, 15) is 79.0 Å². The molecule has 0 aromatic heterocycles. The molecule has 0 aliphatic carbocycles. The first kappa shape index (κ1) is 73.8. The average molecular weight is 1510 g/mol. The number of hydrogen-bond donors (Lipinski definition) is 0. The Morgan fingerprint density at radius 2 is 0.280 bits per heavy atom. The molecule has 0 saturated heterocycles. The van der Waals surface area contributed by atoms with Crippen molar-refractivity contribution in [2.24, 2.45) is 30.0 Å². The Balaban J connectivity index is 1.58. The van der Waals surface area contributed by atoms with E-state index in [-0.39, 0.29) is 0 Å². The molecule has 100 heavy (non-hydrogen) atoms. The largest absolute Gasteiger partial charge is 0.422 e. The Morgan fingerprint density at radius 3 is 0.380 bits per heavy atom. The summed E-state index contributed by atoms with van der Waals surface area (Å²) in [4.78, 5) is 9.07. The van der Waals surface area contributed by atoms with Crippen LogP contribution in [0.4, 0.5) is 219 Å². The molecule has 536 valence electrons. The Morgan fingerprint density at radius 1 is 0.170 bits per heavy atom. The number of aliphatic imine (C=N–C) groups is 6. The molecule has 0 saturated carbocycles. The number of alkyl halides is 18. The molecule has 10 nitrogen and oxygen atoms in total. The van der Waals surface area contributed by atoms with Crippen LogP contribution in [-0.2, 0) is 37.1 Å². The van der Waals surface area contributed by atoms with Crippen molar-refractivity contribution in [3.63, 3.8) is 0 Å². The van der Waals surface area contributed by atoms with E-state index >= 15 is 105 Å². The number of guanidine groups is 6. The van der Waals surface area contributed by atoms with Crippen LogP contribution in [0.25, 0.3) is 0 Å². The lowest BCUT2D eigenvalue weighted by atomic mass is 10.1. The standard InChI is InChI=1S/C48F42N10/c49-7-1(43(73,74)75)8(50)20(62)31(19(7)61)97(32-21(63)9(51)2(44(76,77)78)10(52)22(32)64)37-91-40-93-38(98(33-23(65)11(53)3(45(79,80)81)12(54)24(33)66)34-25(67)13(55)4(46(82,83)84)14(56)26(34)68)95-42-96-39(94-41(92-37)100(40)42)99(35-27(69)15(57)5(47(85,86)87)16(58)28(35)70)36-29(71)17(59)6(48(88,89)90)18(60)30(36)72. The first-order valence-corrected chi connectivity index (χ1v) is 23.8. The summed E-state index contributed by atoms with van der Waals surface area (Å²) in [5.41, 5.74) is -45.9. The fraction of sp³-hybridized carbons (Fsp3) is 0.125. The Labute approximate surface area is 513 Å². The molecule has 0 fully saturated rings. The van der Waals surface area contributed by atoms with Gasteiger partial charge >= 0.3 is 37.1 Å². The molecule has 0 unspecified atom stereocenters. The molecular weight excluding hydrogens is 1510 g/mol. The summed E-state index contributed by atoms with van der Waals surface area (Å²) in [6.45, 7) is 0. The molecule has 0 amide bonds. The van der Waals surface area contributed by atoms with E-state index in [1.165, 1.54) is 0 Å². The van der Waals surface area contributed by atoms with Crippen LogP contribution in [0.15, 0.2) is 30.0 Å². The van der Waals surface area contributed by atoms with E-state index in [0.717, 1.165) is 0 Å². The average Bonchev–Trinajstić information content (AvgIpc) is 0.725. The van der Waals surface area contributed by atoms with Crippen LogP contribution in [0.2, 0.25) is 0 Å². The lowest BCUT2D eigenvalue weighted by molar-refractivity contribution is -0.144. The minimum atomic E-state index is -6.87. The van der Waals surface area contributed by atoms with Crippen molar-refractivity contribution in [1.82, 2.24) is 4.90 Å². The Bertz CT molecular complexity index is 3920. The van der Waals surface area contributed by atoms with E-state index in [1.54, 1.807) is 0 Å². The number of anilines is 6. The lowest BCUT2D eigenvalue weighted by Gasteiger charge is -2.36. The van der Waals surface area contributed by atoms with Gasteiger partial charge in [-0.05, 0) is 0 Å². The maximum absolute atomic E-state index is 16.3. The van der Waals surface area contributed by atoms with Gasteiger partial charge in [-0.3, -0.25) is 14.7 Å². The molecular formula is C48F42N10. The minimum Gasteiger partial charge on any atom is -0.267 e. The normalized spacial score (nSPS) is 14.6. The third-order valence-electron chi connectivity index (χ3n) is 12.9. The van der Waals surface area contributed by atoms with E-state index in [0.29, 0.717) is 0 Å². The van der Waals surface area contributed by atoms with Gasteiger partial charge in [0.25, 0.3) is 0 Å². The van der Waals surface area contributed by atoms with Crippen molar-refractivity contribution in [1.29, 1.82) is 0 Å². The van der Waals surface area contributed by atoms with Crippen molar-refractivity contribution >= 4 is 69.9 Å². The van der Waals surface area contributed by atoms with Crippen molar-refractivity contribution in [2.45, 2.75) is 37.1 Å². The quantitative estimate of drug-likeness (QED) is 0.123. The topological polar surface area (TPSA) is 87.1 Å². The summed E-state index contributed by atoms with van der Waals surface area (Å²) >= 11 is 0. The molecule has 0 bridgehead atoms. The van der Waals surface area contributed by atoms with Crippen LogP contribution in [0, 0.1) is 140 Å². The molecule has 3 aliphatic heterocycles. The highest BCUT2D eigenvalue weighted by molar-refractivity contribution is 6.34. The number of hydrogen-bond acceptors (Lipinski definition) is 10. The smallest absolute Gasteiger partial charge is 0.267 e. The zero-order valence-electron chi connectivity index (χ0n) is 44.3. The molecule has 6 aromatic carbocycles. The summed E-state index contributed by atoms with van der Waals surface area (Å²) in [6.07, 6.45) is -41.2. The second-order valence-corrected chi connectivity index (χ2v) is 18.7. The van der Waals surface area contributed by atoms with Crippen molar-refractivity contribution < 1.29 is 184 Å². The molecule has 0 radical (unpaired) electrons. The van der Waals surface area contributed by atoms with Crippen molar-refractivity contribution in [3.8, 4) is 0 Å². The molecule has 3 aliphatic rings. The van der Waals surface area contributed by atoms with Gasteiger partial charge in [-0.1, -0.05) is 0 Å². The summed E-state index contributed by atoms with van der Waals surface area (Å²) < 4.78 is 634. The molecule has 0 spiro atoms. The van der Waals surface area contributed by atoms with Crippen LogP contribution in [0.5, 0.6) is 0 Å². The molecule has 52 heteroatoms. The first-order valence-electron chi connectivity index (χ1n) is 23.8. The second kappa shape index (κ2) is 23.6. The third-order valence-corrected chi connectivity index (χ3v) is 12.9. The molecule has 6 aromatic rings. The van der Waals surface area contributed by atoms with Crippen molar-refractivity contribution in [3.05, 3.63) is 173 Å². The predicted octanol–water partition coefficient (Wildman–Crippen LogP) is 18.4. The molecule has 9 rings (SSSR count). The van der Waals surface area contributed by atoms with Gasteiger partial charge in [0.15, 0.2) is 140 Å². The number of halogens is 42. The highest BCUT2D eigenvalue weighted by Gasteiger charge is 2.54. The summed E-state index contributed by atoms with van der Waals surface area (Å²) in [6, 6.07) is 0. The van der Waals surface area contributed by atoms with Gasteiger partial charge < -0.3 is 0 Å². The van der Waals surface area contributed by atoms with Gasteiger partial charge in [0.2, 0.25) is 35.8 Å². The maximum atomic E-state index is 16.3. The van der Waals surface area contributed by atoms with E-state index in [1.807, 2.05) is 0 Å². The number of rotatable bonds is 6. The van der Waals surface area contributed by atoms with Gasteiger partial charge in [-0.25, -0.2) is 110 Å². The molecule has 0 atom stereocenters. The van der Waals surface area contributed by atoms with Gasteiger partial charge in [-0.2, -0.15) is 109 Å².